The van der Waals surface area contributed by atoms with E-state index in [0.717, 1.165) is 0 Å². The van der Waals surface area contributed by atoms with E-state index in [1.54, 1.807) is 19.9 Å². The predicted molar refractivity (Wildman–Crippen MR) is 41.6 cm³/mol. The summed E-state index contributed by atoms with van der Waals surface area (Å²) >= 11 is 0. The fourth-order valence-corrected chi connectivity index (χ4v) is 0.754. The topological polar surface area (TPSA) is 60.1 Å². The van der Waals surface area contributed by atoms with E-state index in [2.05, 4.69) is 4.98 Å². The summed E-state index contributed by atoms with van der Waals surface area (Å²) in [6.07, 6.45) is 0. The van der Waals surface area contributed by atoms with Crippen molar-refractivity contribution in [3.8, 4) is 6.01 Å². The maximum Gasteiger partial charge on any atom is 0.499 e. The molecule has 1 N–H and O–H groups in total. The third-order valence-corrected chi connectivity index (χ3v) is 1.20. The van der Waals surface area contributed by atoms with Gasteiger partial charge in [-0.05, 0) is 11.9 Å². The summed E-state index contributed by atoms with van der Waals surface area (Å²) in [6, 6.07) is 1.12. The molecule has 0 bridgehead atoms. The monoisotopic (exact) mass is 176 g/mol. The maximum absolute atomic E-state index is 10.7. The van der Waals surface area contributed by atoms with E-state index in [9.17, 15) is 5.21 Å². The van der Waals surface area contributed by atoms with Crippen molar-refractivity contribution in [2.45, 2.75) is 13.8 Å². The molecule has 0 unspecified atom stereocenters. The zero-order valence-corrected chi connectivity index (χ0v) is 7.05. The highest BCUT2D eigenvalue weighted by atomic mass is 35.5. The number of rotatable bonds is 0. The standard InChI is InChI=1S/C6H8N2O2.ClH/c1-4-3-5(2)8(10)6(9)7-4;/h3H,1-2H3,(H,7,9);1H. The summed E-state index contributed by atoms with van der Waals surface area (Å²) in [4.78, 5) is 3.54. The molecule has 0 fully saturated rings. The number of hydrogen-bond acceptors (Lipinski definition) is 3. The van der Waals surface area contributed by atoms with Gasteiger partial charge in [0.15, 0.2) is 5.69 Å². The highest BCUT2D eigenvalue weighted by molar-refractivity contribution is 5.85. The minimum atomic E-state index is -0.488. The molecular formula is C6H9ClN2O2. The number of nitrogens with zero attached hydrogens (tertiary/aromatic N) is 2. The highest BCUT2D eigenvalue weighted by Crippen LogP contribution is 1.99. The zero-order chi connectivity index (χ0) is 7.72. The lowest BCUT2D eigenvalue weighted by Gasteiger charge is -2.03. The molecule has 4 nitrogen and oxygen atoms in total. The Morgan fingerprint density at radius 2 is 2.09 bits per heavy atom. The Balaban J connectivity index is 0.000001000. The number of halogens is 1. The molecule has 0 saturated heterocycles. The lowest BCUT2D eigenvalue weighted by molar-refractivity contribution is -0.623. The van der Waals surface area contributed by atoms with E-state index < -0.39 is 6.01 Å². The van der Waals surface area contributed by atoms with Crippen molar-refractivity contribution in [2.24, 2.45) is 0 Å². The van der Waals surface area contributed by atoms with Crippen molar-refractivity contribution in [3.63, 3.8) is 0 Å². The van der Waals surface area contributed by atoms with Crippen LogP contribution in [-0.4, -0.2) is 10.1 Å². The first-order chi connectivity index (χ1) is 4.61. The minimum Gasteiger partial charge on any atom is -0.708 e. The molecule has 0 spiro atoms. The Morgan fingerprint density at radius 3 is 2.55 bits per heavy atom. The second-order valence-electron chi connectivity index (χ2n) is 2.13. The van der Waals surface area contributed by atoms with Crippen LogP contribution >= 0.6 is 12.4 Å². The van der Waals surface area contributed by atoms with Gasteiger partial charge in [-0.3, -0.25) is 0 Å². The van der Waals surface area contributed by atoms with Crippen molar-refractivity contribution in [2.75, 3.05) is 0 Å². The van der Waals surface area contributed by atoms with Crippen LogP contribution < -0.4 is 4.73 Å². The molecule has 0 aromatic carbocycles. The molecule has 0 aliphatic carbocycles. The first kappa shape index (κ1) is 9.97. The molecule has 1 rings (SSSR count). The van der Waals surface area contributed by atoms with Crippen LogP contribution in [0.2, 0.25) is 0 Å². The van der Waals surface area contributed by atoms with Gasteiger partial charge in [0, 0.05) is 13.0 Å². The smallest absolute Gasteiger partial charge is 0.499 e. The molecule has 1 heterocycles. The van der Waals surface area contributed by atoms with Gasteiger partial charge in [-0.25, -0.2) is 0 Å². The lowest BCUT2D eigenvalue weighted by Crippen LogP contribution is -2.31. The van der Waals surface area contributed by atoms with Crippen molar-refractivity contribution >= 4 is 12.4 Å². The van der Waals surface area contributed by atoms with Crippen LogP contribution in [0.1, 0.15) is 11.4 Å². The molecule has 1 aromatic rings. The molecule has 11 heavy (non-hydrogen) atoms. The summed E-state index contributed by atoms with van der Waals surface area (Å²) < 4.78 is 0.382. The summed E-state index contributed by atoms with van der Waals surface area (Å²) in [5.74, 6) is 0. The van der Waals surface area contributed by atoms with Crippen LogP contribution in [0.15, 0.2) is 6.07 Å². The summed E-state index contributed by atoms with van der Waals surface area (Å²) in [5, 5.41) is 19.5. The van der Waals surface area contributed by atoms with Gasteiger partial charge in [0.25, 0.3) is 0 Å². The normalized spacial score (nSPS) is 8.91. The van der Waals surface area contributed by atoms with Crippen LogP contribution in [0.3, 0.4) is 0 Å². The highest BCUT2D eigenvalue weighted by Gasteiger charge is 2.07. The third kappa shape index (κ3) is 1.94. The largest absolute Gasteiger partial charge is 0.708 e. The number of aryl methyl sites for hydroxylation is 2. The Morgan fingerprint density at radius 1 is 1.55 bits per heavy atom. The first-order valence-electron chi connectivity index (χ1n) is 2.88. The van der Waals surface area contributed by atoms with Gasteiger partial charge in [0.2, 0.25) is 0 Å². The number of aromatic nitrogens is 2. The predicted octanol–water partition coefficient (Wildman–Crippen LogP) is 0.459. The van der Waals surface area contributed by atoms with Crippen molar-refractivity contribution < 1.29 is 9.84 Å². The average molecular weight is 177 g/mol. The molecule has 0 radical (unpaired) electrons. The van der Waals surface area contributed by atoms with E-state index >= 15 is 0 Å². The zero-order valence-electron chi connectivity index (χ0n) is 6.24. The van der Waals surface area contributed by atoms with E-state index in [-0.39, 0.29) is 12.4 Å². The van der Waals surface area contributed by atoms with Crippen molar-refractivity contribution in [3.05, 3.63) is 22.7 Å². The van der Waals surface area contributed by atoms with Crippen molar-refractivity contribution in [1.29, 1.82) is 0 Å². The summed E-state index contributed by atoms with van der Waals surface area (Å²) in [7, 11) is 0. The molecule has 62 valence electrons. The van der Waals surface area contributed by atoms with Gasteiger partial charge in [0.1, 0.15) is 5.69 Å². The molecule has 0 aliphatic heterocycles. The van der Waals surface area contributed by atoms with Gasteiger partial charge in [-0.1, -0.05) is 0 Å². The summed E-state index contributed by atoms with van der Waals surface area (Å²) in [5.41, 5.74) is 1.09. The Labute approximate surface area is 70.5 Å². The second-order valence-corrected chi connectivity index (χ2v) is 2.13. The Kier molecular flexibility index (Phi) is 3.07. The van der Waals surface area contributed by atoms with Gasteiger partial charge >= 0.3 is 6.01 Å². The Hall–Kier alpha value is -1.03. The second kappa shape index (κ2) is 3.39. The molecule has 5 heteroatoms. The lowest BCUT2D eigenvalue weighted by atomic mass is 10.4. The van der Waals surface area contributed by atoms with Crippen molar-refractivity contribution in [1.82, 2.24) is 4.98 Å². The van der Waals surface area contributed by atoms with Gasteiger partial charge < -0.3 is 10.3 Å². The fourth-order valence-electron chi connectivity index (χ4n) is 0.754. The average Bonchev–Trinajstić information content (AvgIpc) is 1.82. The molecule has 1 aromatic heterocycles. The fraction of sp³-hybridized carbons (Fsp3) is 0.333. The molecule has 0 saturated carbocycles. The van der Waals surface area contributed by atoms with Crippen LogP contribution in [0.25, 0.3) is 0 Å². The van der Waals surface area contributed by atoms with Gasteiger partial charge in [-0.15, -0.1) is 12.4 Å². The van der Waals surface area contributed by atoms with Crippen LogP contribution in [-0.2, 0) is 0 Å². The third-order valence-electron chi connectivity index (χ3n) is 1.20. The first-order valence-corrected chi connectivity index (χ1v) is 2.88. The molecular weight excluding hydrogens is 168 g/mol. The molecule has 0 aliphatic rings. The SMILES string of the molecule is Cc1cc(C)[n+]([O-])c(O)n1.Cl. The molecule has 0 amide bonds. The van der Waals surface area contributed by atoms with Gasteiger partial charge in [-0.2, -0.15) is 4.73 Å². The minimum absolute atomic E-state index is 0. The molecule has 0 atom stereocenters. The van der Waals surface area contributed by atoms with E-state index in [0.29, 0.717) is 16.1 Å². The van der Waals surface area contributed by atoms with E-state index in [4.69, 9.17) is 5.11 Å². The maximum atomic E-state index is 10.7. The van der Waals surface area contributed by atoms with E-state index in [1.807, 2.05) is 0 Å². The Bertz CT molecular complexity index is 242. The van der Waals surface area contributed by atoms with Crippen LogP contribution in [0.4, 0.5) is 0 Å². The number of hydrogen-bond donors (Lipinski definition) is 1. The van der Waals surface area contributed by atoms with E-state index in [1.165, 1.54) is 0 Å². The van der Waals surface area contributed by atoms with Crippen LogP contribution in [0.5, 0.6) is 6.01 Å². The van der Waals surface area contributed by atoms with Gasteiger partial charge in [0.05, 0.1) is 0 Å². The van der Waals surface area contributed by atoms with Crippen LogP contribution in [0, 0.1) is 19.1 Å². The quantitative estimate of drug-likeness (QED) is 0.462. The summed E-state index contributed by atoms with van der Waals surface area (Å²) in [6.45, 7) is 3.33. The number of aromatic hydroxyl groups is 1.